The van der Waals surface area contributed by atoms with Gasteiger partial charge in [-0.2, -0.15) is 0 Å². The molecule has 0 saturated heterocycles. The molecular formula is C4H4HfO4-2. The number of hydrogen-bond donors (Lipinski definition) is 2. The summed E-state index contributed by atoms with van der Waals surface area (Å²) in [7, 11) is 0. The van der Waals surface area contributed by atoms with Crippen LogP contribution in [0.2, 0.25) is 0 Å². The smallest absolute Gasteiger partial charge is 0 e. The van der Waals surface area contributed by atoms with E-state index in [0.717, 1.165) is 12.6 Å². The average molecular weight is 295 g/mol. The molecule has 0 aliphatic heterocycles. The van der Waals surface area contributed by atoms with Crippen molar-refractivity contribution in [1.82, 2.24) is 0 Å². The fourth-order valence-corrected chi connectivity index (χ4v) is 0.129. The first-order valence-corrected chi connectivity index (χ1v) is 1.84. The Morgan fingerprint density at radius 3 is 1.33 bits per heavy atom. The maximum absolute atomic E-state index is 9.39. The molecule has 50 valence electrons. The summed E-state index contributed by atoms with van der Waals surface area (Å²) in [6, 6.07) is 0. The summed E-state index contributed by atoms with van der Waals surface area (Å²) in [6.45, 7) is 0. The van der Waals surface area contributed by atoms with Crippen LogP contribution in [-0.2, 0) is 35.4 Å². The van der Waals surface area contributed by atoms with Crippen molar-refractivity contribution in [3.05, 3.63) is 0 Å². The zero-order valence-electron chi connectivity index (χ0n) is 4.37. The van der Waals surface area contributed by atoms with Gasteiger partial charge >= 0.3 is 0 Å². The molecule has 4 nitrogen and oxygen atoms in total. The molecule has 0 aromatic carbocycles. The molecule has 0 radical (unpaired) electrons. The second kappa shape index (κ2) is 6.25. The average Bonchev–Trinajstić information content (AvgIpc) is 1.84. The summed E-state index contributed by atoms with van der Waals surface area (Å²) in [5, 5.41) is 16.4. The maximum Gasteiger partial charge on any atom is 0 e. The molecule has 0 bridgehead atoms. The first kappa shape index (κ1) is 11.9. The van der Waals surface area contributed by atoms with Crippen LogP contribution in [0.25, 0.3) is 0 Å². The van der Waals surface area contributed by atoms with Crippen molar-refractivity contribution in [2.24, 2.45) is 0 Å². The molecule has 0 heterocycles. The van der Waals surface area contributed by atoms with Gasteiger partial charge in [-0.05, 0) is 12.2 Å². The molecular weight excluding hydrogens is 291 g/mol. The van der Waals surface area contributed by atoms with Crippen molar-refractivity contribution < 1.29 is 45.6 Å². The summed E-state index contributed by atoms with van der Waals surface area (Å²) in [5.41, 5.74) is 0. The number of carbonyl (C=O) groups excluding carboxylic acids is 2. The summed E-state index contributed by atoms with van der Waals surface area (Å²) in [5.74, 6) is 0. The van der Waals surface area contributed by atoms with Gasteiger partial charge in [0, 0.05) is 25.8 Å². The first-order chi connectivity index (χ1) is 3.72. The Morgan fingerprint density at radius 2 is 1.22 bits per heavy atom. The summed E-state index contributed by atoms with van der Waals surface area (Å²) < 4.78 is 0. The second-order valence-corrected chi connectivity index (χ2v) is 1.13. The Hall–Kier alpha value is 0.130. The van der Waals surface area contributed by atoms with Crippen LogP contribution >= 0.6 is 0 Å². The predicted octanol–water partition coefficient (Wildman–Crippen LogP) is -2.07. The van der Waals surface area contributed by atoms with Crippen LogP contribution in [0.1, 0.15) is 0 Å². The summed E-state index contributed by atoms with van der Waals surface area (Å²) in [4.78, 5) is 18.8. The molecule has 0 saturated carbocycles. The molecule has 2 atom stereocenters. The molecule has 0 amide bonds. The van der Waals surface area contributed by atoms with Crippen molar-refractivity contribution >= 4 is 12.6 Å². The van der Waals surface area contributed by atoms with E-state index in [4.69, 9.17) is 10.2 Å². The fraction of sp³-hybridized carbons (Fsp3) is 0.500. The van der Waals surface area contributed by atoms with E-state index >= 15 is 0 Å². The molecule has 0 fully saturated rings. The van der Waals surface area contributed by atoms with Crippen LogP contribution in [0, 0.1) is 0 Å². The van der Waals surface area contributed by atoms with Crippen molar-refractivity contribution in [2.75, 3.05) is 0 Å². The minimum absolute atomic E-state index is 0. The van der Waals surface area contributed by atoms with E-state index in [1.807, 2.05) is 0 Å². The van der Waals surface area contributed by atoms with E-state index in [2.05, 4.69) is 0 Å². The molecule has 0 aromatic rings. The number of aliphatic hydroxyl groups is 2. The van der Waals surface area contributed by atoms with E-state index < -0.39 is 12.2 Å². The Balaban J connectivity index is 0. The third-order valence-electron chi connectivity index (χ3n) is 0.541. The molecule has 5 heteroatoms. The van der Waals surface area contributed by atoms with Gasteiger partial charge in [0.25, 0.3) is 0 Å². The van der Waals surface area contributed by atoms with Crippen LogP contribution in [0.4, 0.5) is 0 Å². The van der Waals surface area contributed by atoms with Gasteiger partial charge in [-0.15, -0.1) is 0 Å². The quantitative estimate of drug-likeness (QED) is 0.463. The minimum atomic E-state index is -1.76. The topological polar surface area (TPSA) is 74.6 Å². The Kier molecular flexibility index (Phi) is 8.25. The molecule has 2 unspecified atom stereocenters. The first-order valence-electron chi connectivity index (χ1n) is 1.84. The monoisotopic (exact) mass is 296 g/mol. The second-order valence-electron chi connectivity index (χ2n) is 1.13. The van der Waals surface area contributed by atoms with E-state index in [-0.39, 0.29) is 25.8 Å². The molecule has 0 rings (SSSR count). The Labute approximate surface area is 70.7 Å². The van der Waals surface area contributed by atoms with Gasteiger partial charge in [0.05, 0.1) is 0 Å². The van der Waals surface area contributed by atoms with Crippen molar-refractivity contribution in [2.45, 2.75) is 12.2 Å². The van der Waals surface area contributed by atoms with Crippen molar-refractivity contribution in [1.29, 1.82) is 0 Å². The Morgan fingerprint density at radius 1 is 1.00 bits per heavy atom. The van der Waals surface area contributed by atoms with Crippen molar-refractivity contribution in [3.8, 4) is 0 Å². The van der Waals surface area contributed by atoms with Gasteiger partial charge in [0.1, 0.15) is 0 Å². The van der Waals surface area contributed by atoms with Gasteiger partial charge in [-0.1, -0.05) is 0 Å². The molecule has 0 aliphatic rings. The minimum Gasteiger partial charge on any atom is -0.539 e. The van der Waals surface area contributed by atoms with Crippen LogP contribution in [0.5, 0.6) is 0 Å². The normalized spacial score (nSPS) is 14.9. The van der Waals surface area contributed by atoms with Crippen molar-refractivity contribution in [3.63, 3.8) is 0 Å². The summed E-state index contributed by atoms with van der Waals surface area (Å²) >= 11 is 0. The van der Waals surface area contributed by atoms with Crippen LogP contribution in [0.15, 0.2) is 0 Å². The van der Waals surface area contributed by atoms with Crippen LogP contribution in [0.3, 0.4) is 0 Å². The largest absolute Gasteiger partial charge is 0.539 e. The number of hydrogen-bond acceptors (Lipinski definition) is 4. The standard InChI is InChI=1S/C4H4O4.Hf/c5-1-3(7)4(8)2-6;/h3-4,7-8H;/q-2;. The van der Waals surface area contributed by atoms with E-state index in [0.29, 0.717) is 0 Å². The molecule has 2 N–H and O–H groups in total. The molecule has 9 heavy (non-hydrogen) atoms. The van der Waals surface area contributed by atoms with Gasteiger partial charge in [-0.25, -0.2) is 12.6 Å². The third kappa shape index (κ3) is 4.62. The third-order valence-corrected chi connectivity index (χ3v) is 0.541. The van der Waals surface area contributed by atoms with Gasteiger partial charge < -0.3 is 19.8 Å². The molecule has 0 spiro atoms. The summed E-state index contributed by atoms with van der Waals surface area (Å²) in [6.07, 6.45) is -1.50. The van der Waals surface area contributed by atoms with E-state index in [1.165, 1.54) is 0 Å². The number of rotatable bonds is 3. The zero-order chi connectivity index (χ0) is 6.57. The van der Waals surface area contributed by atoms with Gasteiger partial charge in [0.15, 0.2) is 0 Å². The zero-order valence-corrected chi connectivity index (χ0v) is 7.96. The molecule has 0 aromatic heterocycles. The Bertz CT molecular complexity index is 82.6. The van der Waals surface area contributed by atoms with Gasteiger partial charge in [0.2, 0.25) is 0 Å². The van der Waals surface area contributed by atoms with Crippen LogP contribution in [-0.4, -0.2) is 35.0 Å². The van der Waals surface area contributed by atoms with E-state index in [9.17, 15) is 9.59 Å². The van der Waals surface area contributed by atoms with E-state index in [1.54, 1.807) is 0 Å². The SMILES string of the molecule is O=[C-]C(O)C(O)[C-]=O.[Hf]. The molecule has 0 aliphatic carbocycles. The maximum atomic E-state index is 9.39. The van der Waals surface area contributed by atoms with Gasteiger partial charge in [-0.3, -0.25) is 0 Å². The van der Waals surface area contributed by atoms with Crippen LogP contribution < -0.4 is 0 Å². The predicted molar refractivity (Wildman–Crippen MR) is 23.4 cm³/mol. The fourth-order valence-electron chi connectivity index (χ4n) is 0.129. The number of aliphatic hydroxyl groups excluding tert-OH is 2.